The van der Waals surface area contributed by atoms with Crippen LogP contribution >= 0.6 is 0 Å². The number of alkyl halides is 2. The van der Waals surface area contributed by atoms with Gasteiger partial charge in [-0.05, 0) is 72.7 Å². The lowest BCUT2D eigenvalue weighted by Crippen LogP contribution is -2.36. The zero-order valence-corrected chi connectivity index (χ0v) is 24.9. The van der Waals surface area contributed by atoms with Gasteiger partial charge in [-0.3, -0.25) is 14.1 Å². The predicted octanol–water partition coefficient (Wildman–Crippen LogP) is 4.78. The molecule has 0 aliphatic heterocycles. The molecule has 1 aliphatic rings. The number of halogens is 4. The van der Waals surface area contributed by atoms with Crippen molar-refractivity contribution in [3.63, 3.8) is 0 Å². The second-order valence-corrected chi connectivity index (χ2v) is 13.1. The van der Waals surface area contributed by atoms with Crippen molar-refractivity contribution in [3.05, 3.63) is 40.3 Å². The van der Waals surface area contributed by atoms with E-state index in [1.54, 1.807) is 18.6 Å². The third-order valence-electron chi connectivity index (χ3n) is 7.29. The van der Waals surface area contributed by atoms with E-state index in [0.29, 0.717) is 18.9 Å². The zero-order valence-electron chi connectivity index (χ0n) is 24.1. The minimum Gasteiger partial charge on any atom is -0.351 e. The Hall–Kier alpha value is -3.33. The van der Waals surface area contributed by atoms with Gasteiger partial charge in [0.2, 0.25) is 21.9 Å². The van der Waals surface area contributed by atoms with Gasteiger partial charge in [-0.25, -0.2) is 35.9 Å². The first kappa shape index (κ1) is 31.6. The molecular formula is C27H35F4N7O3S. The molecule has 4 rings (SSSR count). The number of nitrogens with one attached hydrogen (secondary N) is 2. The van der Waals surface area contributed by atoms with Crippen LogP contribution in [0.15, 0.2) is 23.1 Å². The second-order valence-electron chi connectivity index (χ2n) is 11.3. The summed E-state index contributed by atoms with van der Waals surface area (Å²) in [4.78, 5) is 29.0. The standard InChI is InChI=1S/C27H35F4N7O3S/c1-15(2)38-24-21(14-32-26(35-24)33-17-6-8-18(9-7-17)37(4)5)34-22(25(38)39)16-12-19(28)23(20(29)13-16)36-42(40,41)11-10-27(3,30)31/h12-15,17-18,36H,6-11H2,1-5H3,(H,32,33,35)/t17-,18-. The van der Waals surface area contributed by atoms with Crippen LogP contribution < -0.4 is 15.6 Å². The van der Waals surface area contributed by atoms with Crippen molar-refractivity contribution in [2.24, 2.45) is 0 Å². The van der Waals surface area contributed by atoms with E-state index in [0.717, 1.165) is 37.8 Å². The summed E-state index contributed by atoms with van der Waals surface area (Å²) in [5.41, 5.74) is -1.77. The zero-order chi connectivity index (χ0) is 31.0. The predicted molar refractivity (Wildman–Crippen MR) is 153 cm³/mol. The lowest BCUT2D eigenvalue weighted by Gasteiger charge is -2.32. The Kier molecular flexibility index (Phi) is 9.11. The SMILES string of the molecule is CC(C)n1c(=O)c(-c2cc(F)c(NS(=O)(=O)CCC(C)(F)F)c(F)c2)nc2cnc(N[C@H]3CC[C@H](N(C)C)CC3)nc21. The average Bonchev–Trinajstić information content (AvgIpc) is 2.89. The van der Waals surface area contributed by atoms with Crippen LogP contribution in [0.2, 0.25) is 0 Å². The van der Waals surface area contributed by atoms with Gasteiger partial charge in [0.1, 0.15) is 16.9 Å². The molecule has 3 aromatic rings. The fourth-order valence-corrected chi connectivity index (χ4v) is 6.22. The number of fused-ring (bicyclic) bond motifs is 1. The molecule has 1 fully saturated rings. The number of benzene rings is 1. The van der Waals surface area contributed by atoms with Gasteiger partial charge in [0.05, 0.1) is 11.9 Å². The van der Waals surface area contributed by atoms with E-state index in [2.05, 4.69) is 39.3 Å². The smallest absolute Gasteiger partial charge is 0.278 e. The summed E-state index contributed by atoms with van der Waals surface area (Å²) in [5, 5.41) is 3.34. The first-order valence-electron chi connectivity index (χ1n) is 13.6. The molecule has 0 radical (unpaired) electrons. The van der Waals surface area contributed by atoms with E-state index >= 15 is 0 Å². The maximum atomic E-state index is 15.0. The molecule has 230 valence electrons. The van der Waals surface area contributed by atoms with Gasteiger partial charge in [0.15, 0.2) is 17.3 Å². The molecular weight excluding hydrogens is 578 g/mol. The second kappa shape index (κ2) is 12.1. The number of aromatic nitrogens is 4. The summed E-state index contributed by atoms with van der Waals surface area (Å²) < 4.78 is 83.5. The number of sulfonamides is 1. The van der Waals surface area contributed by atoms with Crippen LogP contribution in [0.5, 0.6) is 0 Å². The van der Waals surface area contributed by atoms with Crippen LogP contribution in [0.25, 0.3) is 22.4 Å². The van der Waals surface area contributed by atoms with Crippen molar-refractivity contribution in [2.45, 2.75) is 76.9 Å². The Bertz CT molecular complexity index is 1590. The third-order valence-corrected chi connectivity index (χ3v) is 8.55. The van der Waals surface area contributed by atoms with Gasteiger partial charge < -0.3 is 10.2 Å². The normalized spacial score (nSPS) is 18.2. The first-order chi connectivity index (χ1) is 19.5. The van der Waals surface area contributed by atoms with Crippen LogP contribution in [-0.2, 0) is 10.0 Å². The Morgan fingerprint density at radius 3 is 2.26 bits per heavy atom. The van der Waals surface area contributed by atoms with Crippen LogP contribution in [-0.4, -0.2) is 70.7 Å². The highest BCUT2D eigenvalue weighted by Gasteiger charge is 2.27. The fourth-order valence-electron chi connectivity index (χ4n) is 4.98. The Labute approximate surface area is 241 Å². The van der Waals surface area contributed by atoms with E-state index < -0.39 is 57.0 Å². The van der Waals surface area contributed by atoms with Gasteiger partial charge in [-0.2, -0.15) is 4.98 Å². The maximum absolute atomic E-state index is 15.0. The van der Waals surface area contributed by atoms with E-state index in [4.69, 9.17) is 0 Å². The monoisotopic (exact) mass is 613 g/mol. The first-order valence-corrected chi connectivity index (χ1v) is 15.3. The molecule has 1 saturated carbocycles. The largest absolute Gasteiger partial charge is 0.351 e. The number of hydrogen-bond donors (Lipinski definition) is 2. The fraction of sp³-hybridized carbons (Fsp3) is 0.556. The molecule has 0 bridgehead atoms. The molecule has 0 unspecified atom stereocenters. The summed E-state index contributed by atoms with van der Waals surface area (Å²) in [6.45, 7) is 4.04. The molecule has 2 N–H and O–H groups in total. The Morgan fingerprint density at radius 1 is 1.10 bits per heavy atom. The summed E-state index contributed by atoms with van der Waals surface area (Å²) in [5.74, 6) is -6.66. The molecule has 0 saturated heterocycles. The van der Waals surface area contributed by atoms with Gasteiger partial charge in [-0.15, -0.1) is 0 Å². The lowest BCUT2D eigenvalue weighted by atomic mass is 9.91. The minimum absolute atomic E-state index is 0.172. The summed E-state index contributed by atoms with van der Waals surface area (Å²) in [6.07, 6.45) is 4.33. The highest BCUT2D eigenvalue weighted by Crippen LogP contribution is 2.29. The summed E-state index contributed by atoms with van der Waals surface area (Å²) >= 11 is 0. The Morgan fingerprint density at radius 2 is 1.71 bits per heavy atom. The highest BCUT2D eigenvalue weighted by atomic mass is 32.2. The minimum atomic E-state index is -4.48. The van der Waals surface area contributed by atoms with Crippen LogP contribution in [0, 0.1) is 11.6 Å². The average molecular weight is 614 g/mol. The molecule has 0 atom stereocenters. The number of rotatable bonds is 10. The molecule has 10 nitrogen and oxygen atoms in total. The van der Waals surface area contributed by atoms with E-state index in [9.17, 15) is 30.8 Å². The molecule has 15 heteroatoms. The summed E-state index contributed by atoms with van der Waals surface area (Å²) in [6, 6.07) is 1.81. The molecule has 2 aromatic heterocycles. The highest BCUT2D eigenvalue weighted by molar-refractivity contribution is 7.92. The van der Waals surface area contributed by atoms with Crippen molar-refractivity contribution < 1.29 is 26.0 Å². The van der Waals surface area contributed by atoms with E-state index in [1.807, 2.05) is 0 Å². The number of anilines is 2. The molecule has 42 heavy (non-hydrogen) atoms. The molecule has 2 heterocycles. The molecule has 0 spiro atoms. The van der Waals surface area contributed by atoms with Crippen molar-refractivity contribution in [1.82, 2.24) is 24.4 Å². The topological polar surface area (TPSA) is 122 Å². The van der Waals surface area contributed by atoms with Gasteiger partial charge in [0.25, 0.3) is 5.56 Å². The van der Waals surface area contributed by atoms with Crippen LogP contribution in [0.4, 0.5) is 29.2 Å². The quantitative estimate of drug-likeness (QED) is 0.313. The van der Waals surface area contributed by atoms with E-state index in [-0.39, 0.29) is 28.5 Å². The number of nitrogens with zero attached hydrogens (tertiary/aromatic N) is 5. The summed E-state index contributed by atoms with van der Waals surface area (Å²) in [7, 11) is -0.352. The molecule has 0 amide bonds. The third kappa shape index (κ3) is 7.35. The van der Waals surface area contributed by atoms with E-state index in [1.165, 1.54) is 10.8 Å². The lowest BCUT2D eigenvalue weighted by molar-refractivity contribution is 0.0189. The van der Waals surface area contributed by atoms with Gasteiger partial charge >= 0.3 is 0 Å². The Balaban J connectivity index is 1.65. The van der Waals surface area contributed by atoms with Crippen LogP contribution in [0.3, 0.4) is 0 Å². The van der Waals surface area contributed by atoms with Crippen LogP contribution in [0.1, 0.15) is 58.9 Å². The van der Waals surface area contributed by atoms with Crippen molar-refractivity contribution in [2.75, 3.05) is 29.9 Å². The number of hydrogen-bond acceptors (Lipinski definition) is 8. The van der Waals surface area contributed by atoms with Crippen molar-refractivity contribution >= 4 is 32.8 Å². The van der Waals surface area contributed by atoms with Crippen molar-refractivity contribution in [1.29, 1.82) is 0 Å². The molecule has 1 aromatic carbocycles. The van der Waals surface area contributed by atoms with Gasteiger partial charge in [-0.1, -0.05) is 0 Å². The molecule has 1 aliphatic carbocycles. The van der Waals surface area contributed by atoms with Gasteiger partial charge in [0, 0.05) is 30.1 Å². The van der Waals surface area contributed by atoms with Crippen molar-refractivity contribution in [3.8, 4) is 11.3 Å². The maximum Gasteiger partial charge on any atom is 0.278 e.